The zero-order chi connectivity index (χ0) is 14.5. The van der Waals surface area contributed by atoms with Gasteiger partial charge in [-0.05, 0) is 26.7 Å². The molecular weight excluding hydrogens is 272 g/mol. The Hall–Kier alpha value is -1.04. The number of aryl methyl sites for hydroxylation is 1. The van der Waals surface area contributed by atoms with E-state index in [-0.39, 0.29) is 11.2 Å². The summed E-state index contributed by atoms with van der Waals surface area (Å²) < 4.78 is 1.92. The molecule has 112 valence electrons. The molecule has 1 aliphatic carbocycles. The highest BCUT2D eigenvalue weighted by atomic mass is 32.2. The van der Waals surface area contributed by atoms with E-state index in [1.165, 1.54) is 37.4 Å². The Bertz CT molecular complexity index is 452. The molecule has 1 saturated carbocycles. The first-order chi connectivity index (χ1) is 9.58. The lowest BCUT2D eigenvalue weighted by molar-refractivity contribution is -0.121. The number of amides is 1. The summed E-state index contributed by atoms with van der Waals surface area (Å²) in [6.07, 6.45) is 7.30. The normalized spacial score (nSPS) is 18.6. The molecule has 0 aliphatic heterocycles. The average Bonchev–Trinajstić information content (AvgIpc) is 2.64. The highest BCUT2D eigenvalue weighted by molar-refractivity contribution is 8.00. The molecule has 0 spiro atoms. The van der Waals surface area contributed by atoms with Gasteiger partial charge in [0.1, 0.15) is 5.82 Å². The summed E-state index contributed by atoms with van der Waals surface area (Å²) in [6.45, 7) is 3.84. The Morgan fingerprint density at radius 2 is 1.95 bits per heavy atom. The third-order valence-electron chi connectivity index (χ3n) is 3.91. The molecule has 1 aromatic heterocycles. The van der Waals surface area contributed by atoms with Gasteiger partial charge in [0.2, 0.25) is 5.91 Å². The first-order valence-electron chi connectivity index (χ1n) is 7.41. The Morgan fingerprint density at radius 3 is 2.50 bits per heavy atom. The fourth-order valence-electron chi connectivity index (χ4n) is 2.44. The van der Waals surface area contributed by atoms with Gasteiger partial charge in [0.25, 0.3) is 0 Å². The first kappa shape index (κ1) is 15.4. The van der Waals surface area contributed by atoms with E-state index in [9.17, 15) is 4.79 Å². The van der Waals surface area contributed by atoms with Crippen LogP contribution in [0.4, 0.5) is 0 Å². The topological polar surface area (TPSA) is 59.8 Å². The molecule has 0 bridgehead atoms. The standard InChI is InChI=1S/C14H24N4OS/c1-10(20-14-17-16-11(2)18(14)3)13(19)15-12-8-6-4-5-7-9-12/h10,12H,4-9H2,1-3H3,(H,15,19)/t10-/m0/s1. The summed E-state index contributed by atoms with van der Waals surface area (Å²) in [5, 5.41) is 12.0. The lowest BCUT2D eigenvalue weighted by Gasteiger charge is -2.19. The molecule has 1 atom stereocenters. The second-order valence-corrected chi connectivity index (χ2v) is 6.85. The number of rotatable bonds is 4. The van der Waals surface area contributed by atoms with Gasteiger partial charge in [-0.1, -0.05) is 37.4 Å². The number of hydrogen-bond acceptors (Lipinski definition) is 4. The van der Waals surface area contributed by atoms with Gasteiger partial charge in [0, 0.05) is 13.1 Å². The highest BCUT2D eigenvalue weighted by Gasteiger charge is 2.21. The monoisotopic (exact) mass is 296 g/mol. The summed E-state index contributed by atoms with van der Waals surface area (Å²) in [5.41, 5.74) is 0. The minimum absolute atomic E-state index is 0.113. The third kappa shape index (κ3) is 3.98. The van der Waals surface area contributed by atoms with Crippen LogP contribution in [-0.2, 0) is 11.8 Å². The van der Waals surface area contributed by atoms with E-state index >= 15 is 0 Å². The summed E-state index contributed by atoms with van der Waals surface area (Å²) in [5.74, 6) is 0.978. The molecule has 1 aliphatic rings. The minimum atomic E-state index is -0.138. The molecule has 1 fully saturated rings. The van der Waals surface area contributed by atoms with Crippen molar-refractivity contribution < 1.29 is 4.79 Å². The number of aromatic nitrogens is 3. The summed E-state index contributed by atoms with van der Waals surface area (Å²) >= 11 is 1.47. The summed E-state index contributed by atoms with van der Waals surface area (Å²) in [6, 6.07) is 0.356. The van der Waals surface area contributed by atoms with Crippen molar-refractivity contribution >= 4 is 17.7 Å². The van der Waals surface area contributed by atoms with Crippen LogP contribution in [-0.4, -0.2) is 32.0 Å². The SMILES string of the molecule is Cc1nnc(S[C@@H](C)C(=O)NC2CCCCCC2)n1C. The number of carbonyl (C=O) groups excluding carboxylic acids is 1. The number of nitrogens with zero attached hydrogens (tertiary/aromatic N) is 3. The largest absolute Gasteiger partial charge is 0.352 e. The van der Waals surface area contributed by atoms with Gasteiger partial charge in [-0.2, -0.15) is 0 Å². The Labute approximate surface area is 124 Å². The van der Waals surface area contributed by atoms with Crippen molar-refractivity contribution in [2.24, 2.45) is 7.05 Å². The Morgan fingerprint density at radius 1 is 1.30 bits per heavy atom. The van der Waals surface area contributed by atoms with Crippen LogP contribution in [0.2, 0.25) is 0 Å². The number of nitrogens with one attached hydrogen (secondary N) is 1. The molecule has 1 heterocycles. The van der Waals surface area contributed by atoms with Crippen molar-refractivity contribution in [3.8, 4) is 0 Å². The molecular formula is C14H24N4OS. The molecule has 0 radical (unpaired) electrons. The van der Waals surface area contributed by atoms with Crippen LogP contribution in [0.3, 0.4) is 0 Å². The van der Waals surface area contributed by atoms with Crippen LogP contribution in [0, 0.1) is 6.92 Å². The highest BCUT2D eigenvalue weighted by Crippen LogP contribution is 2.22. The van der Waals surface area contributed by atoms with Gasteiger partial charge in [0.15, 0.2) is 5.16 Å². The van der Waals surface area contributed by atoms with Gasteiger partial charge in [-0.3, -0.25) is 4.79 Å². The lowest BCUT2D eigenvalue weighted by Crippen LogP contribution is -2.39. The van der Waals surface area contributed by atoms with Crippen LogP contribution in [0.5, 0.6) is 0 Å². The van der Waals surface area contributed by atoms with Crippen LogP contribution >= 0.6 is 11.8 Å². The maximum atomic E-state index is 12.3. The van der Waals surface area contributed by atoms with Gasteiger partial charge >= 0.3 is 0 Å². The lowest BCUT2D eigenvalue weighted by atomic mass is 10.1. The molecule has 1 aromatic rings. The van der Waals surface area contributed by atoms with Gasteiger partial charge in [-0.15, -0.1) is 10.2 Å². The molecule has 0 aromatic carbocycles. The quantitative estimate of drug-likeness (QED) is 0.685. The zero-order valence-corrected chi connectivity index (χ0v) is 13.4. The Balaban J connectivity index is 1.86. The van der Waals surface area contributed by atoms with E-state index in [1.807, 2.05) is 25.5 Å². The van der Waals surface area contributed by atoms with Gasteiger partial charge in [-0.25, -0.2) is 0 Å². The number of thioether (sulfide) groups is 1. The van der Waals surface area contributed by atoms with E-state index in [0.717, 1.165) is 23.8 Å². The van der Waals surface area contributed by atoms with Crippen LogP contribution in [0.15, 0.2) is 5.16 Å². The van der Waals surface area contributed by atoms with Crippen molar-refractivity contribution in [2.75, 3.05) is 0 Å². The molecule has 2 rings (SSSR count). The van der Waals surface area contributed by atoms with Crippen molar-refractivity contribution in [1.82, 2.24) is 20.1 Å². The van der Waals surface area contributed by atoms with E-state index in [2.05, 4.69) is 15.5 Å². The smallest absolute Gasteiger partial charge is 0.233 e. The third-order valence-corrected chi connectivity index (χ3v) is 5.04. The van der Waals surface area contributed by atoms with E-state index in [4.69, 9.17) is 0 Å². The second-order valence-electron chi connectivity index (χ2n) is 5.55. The van der Waals surface area contributed by atoms with Crippen molar-refractivity contribution in [2.45, 2.75) is 68.8 Å². The molecule has 5 nitrogen and oxygen atoms in total. The molecule has 0 saturated heterocycles. The number of carbonyl (C=O) groups is 1. The number of hydrogen-bond donors (Lipinski definition) is 1. The van der Waals surface area contributed by atoms with Gasteiger partial charge < -0.3 is 9.88 Å². The van der Waals surface area contributed by atoms with E-state index in [0.29, 0.717) is 6.04 Å². The molecule has 1 amide bonds. The zero-order valence-electron chi connectivity index (χ0n) is 12.6. The maximum absolute atomic E-state index is 12.3. The predicted octanol–water partition coefficient (Wildman–Crippen LogP) is 2.44. The van der Waals surface area contributed by atoms with E-state index in [1.54, 1.807) is 0 Å². The maximum Gasteiger partial charge on any atom is 0.233 e. The van der Waals surface area contributed by atoms with Crippen LogP contribution in [0.25, 0.3) is 0 Å². The second kappa shape index (κ2) is 7.11. The molecule has 0 unspecified atom stereocenters. The fraction of sp³-hybridized carbons (Fsp3) is 0.786. The van der Waals surface area contributed by atoms with Crippen molar-refractivity contribution in [1.29, 1.82) is 0 Å². The Kier molecular flexibility index (Phi) is 5.46. The van der Waals surface area contributed by atoms with Crippen molar-refractivity contribution in [3.05, 3.63) is 5.82 Å². The summed E-state index contributed by atoms with van der Waals surface area (Å²) in [7, 11) is 1.92. The predicted molar refractivity (Wildman–Crippen MR) is 80.7 cm³/mol. The summed E-state index contributed by atoms with van der Waals surface area (Å²) in [4.78, 5) is 12.3. The fourth-order valence-corrected chi connectivity index (χ4v) is 3.31. The van der Waals surface area contributed by atoms with Crippen LogP contribution < -0.4 is 5.32 Å². The van der Waals surface area contributed by atoms with Gasteiger partial charge in [0.05, 0.1) is 5.25 Å². The van der Waals surface area contributed by atoms with Crippen molar-refractivity contribution in [3.63, 3.8) is 0 Å². The molecule has 1 N–H and O–H groups in total. The first-order valence-corrected chi connectivity index (χ1v) is 8.29. The minimum Gasteiger partial charge on any atom is -0.352 e. The molecule has 6 heteroatoms. The van der Waals surface area contributed by atoms with E-state index < -0.39 is 0 Å². The molecule has 20 heavy (non-hydrogen) atoms. The van der Waals surface area contributed by atoms with Crippen LogP contribution in [0.1, 0.15) is 51.3 Å². The average molecular weight is 296 g/mol.